The molecule has 1 amide bonds. The third-order valence-electron chi connectivity index (χ3n) is 3.25. The summed E-state index contributed by atoms with van der Waals surface area (Å²) in [5.74, 6) is -0.723. The first-order chi connectivity index (χ1) is 11.1. The average molecular weight is 355 g/mol. The molecule has 0 aliphatic rings. The number of amides is 1. The molecule has 1 aromatic carbocycles. The summed E-state index contributed by atoms with van der Waals surface area (Å²) in [6, 6.07) is 9.81. The minimum absolute atomic E-state index is 0. The van der Waals surface area contributed by atoms with Crippen molar-refractivity contribution in [2.24, 2.45) is 5.73 Å². The summed E-state index contributed by atoms with van der Waals surface area (Å²) >= 11 is 0. The molecule has 0 saturated heterocycles. The second-order valence-electron chi connectivity index (χ2n) is 4.90. The molecule has 0 aliphatic carbocycles. The number of carbonyl (C=O) groups is 1. The zero-order chi connectivity index (χ0) is 16.7. The standard InChI is InChI=1S/C14H18N6O3.ClH/c15-7-9-18(8-6-12-4-2-1-3-5-12)13(21)10-19-11-16-14(17-19)20(22)23;/h1-5,11H,6-10,15H2;1H. The molecule has 10 heteroatoms. The lowest BCUT2D eigenvalue weighted by molar-refractivity contribution is -0.394. The van der Waals surface area contributed by atoms with Gasteiger partial charge < -0.3 is 20.7 Å². The molecular weight excluding hydrogens is 336 g/mol. The SMILES string of the molecule is Cl.NCCN(CCc1ccccc1)C(=O)Cn1cnc([N+](=O)[O-])n1. The fraction of sp³-hybridized carbons (Fsp3) is 0.357. The molecule has 0 unspecified atom stereocenters. The van der Waals surface area contributed by atoms with Crippen molar-refractivity contribution in [1.29, 1.82) is 0 Å². The Hall–Kier alpha value is -2.52. The number of benzene rings is 1. The summed E-state index contributed by atoms with van der Waals surface area (Å²) in [6.45, 7) is 1.19. The van der Waals surface area contributed by atoms with Gasteiger partial charge >= 0.3 is 5.95 Å². The predicted molar refractivity (Wildman–Crippen MR) is 89.7 cm³/mol. The van der Waals surface area contributed by atoms with Gasteiger partial charge in [0.15, 0.2) is 0 Å². The Morgan fingerprint density at radius 2 is 2.00 bits per heavy atom. The number of rotatable bonds is 8. The van der Waals surface area contributed by atoms with Crippen molar-refractivity contribution in [1.82, 2.24) is 19.7 Å². The van der Waals surface area contributed by atoms with Crippen LogP contribution in [0.5, 0.6) is 0 Å². The number of carbonyl (C=O) groups excluding carboxylic acids is 1. The lowest BCUT2D eigenvalue weighted by Crippen LogP contribution is -2.39. The molecule has 1 aromatic heterocycles. The first-order valence-electron chi connectivity index (χ1n) is 7.15. The number of halogens is 1. The van der Waals surface area contributed by atoms with E-state index in [1.54, 1.807) is 4.90 Å². The van der Waals surface area contributed by atoms with Gasteiger partial charge in [0.2, 0.25) is 12.2 Å². The maximum atomic E-state index is 12.3. The molecule has 9 nitrogen and oxygen atoms in total. The van der Waals surface area contributed by atoms with Crippen molar-refractivity contribution >= 4 is 24.3 Å². The number of nitro groups is 1. The van der Waals surface area contributed by atoms with Crippen molar-refractivity contribution in [3.8, 4) is 0 Å². The van der Waals surface area contributed by atoms with Crippen LogP contribution in [0.3, 0.4) is 0 Å². The fourth-order valence-electron chi connectivity index (χ4n) is 2.11. The van der Waals surface area contributed by atoms with Gasteiger partial charge in [0, 0.05) is 24.7 Å². The van der Waals surface area contributed by atoms with Gasteiger partial charge in [-0.05, 0) is 16.9 Å². The quantitative estimate of drug-likeness (QED) is 0.548. The molecule has 2 N–H and O–H groups in total. The summed E-state index contributed by atoms with van der Waals surface area (Å²) in [5.41, 5.74) is 6.68. The smallest absolute Gasteiger partial charge is 0.390 e. The van der Waals surface area contributed by atoms with Crippen LogP contribution in [-0.4, -0.2) is 50.1 Å². The second-order valence-corrected chi connectivity index (χ2v) is 4.90. The minimum Gasteiger partial charge on any atom is -0.390 e. The monoisotopic (exact) mass is 354 g/mol. The van der Waals surface area contributed by atoms with Gasteiger partial charge in [-0.25, -0.2) is 0 Å². The molecular formula is C14H19ClN6O3. The maximum Gasteiger partial charge on any atom is 0.490 e. The van der Waals surface area contributed by atoms with Gasteiger partial charge in [0.1, 0.15) is 6.54 Å². The zero-order valence-electron chi connectivity index (χ0n) is 12.9. The van der Waals surface area contributed by atoms with Crippen LogP contribution in [0, 0.1) is 10.1 Å². The molecule has 0 spiro atoms. The first kappa shape index (κ1) is 19.5. The second kappa shape index (κ2) is 9.58. The molecule has 24 heavy (non-hydrogen) atoms. The van der Waals surface area contributed by atoms with E-state index in [0.29, 0.717) is 26.1 Å². The lowest BCUT2D eigenvalue weighted by atomic mass is 10.1. The van der Waals surface area contributed by atoms with E-state index in [-0.39, 0.29) is 24.9 Å². The van der Waals surface area contributed by atoms with Crippen molar-refractivity contribution in [3.63, 3.8) is 0 Å². The van der Waals surface area contributed by atoms with Gasteiger partial charge in [0.05, 0.1) is 0 Å². The van der Waals surface area contributed by atoms with E-state index in [2.05, 4.69) is 10.1 Å². The molecule has 1 heterocycles. The summed E-state index contributed by atoms with van der Waals surface area (Å²) in [7, 11) is 0. The Bertz CT molecular complexity index is 664. The van der Waals surface area contributed by atoms with Crippen molar-refractivity contribution in [3.05, 3.63) is 52.3 Å². The molecule has 0 fully saturated rings. The van der Waals surface area contributed by atoms with Gasteiger partial charge in [-0.15, -0.1) is 12.4 Å². The molecule has 0 saturated carbocycles. The van der Waals surface area contributed by atoms with Crippen LogP contribution in [-0.2, 0) is 17.8 Å². The van der Waals surface area contributed by atoms with Crippen LogP contribution < -0.4 is 5.73 Å². The molecule has 0 atom stereocenters. The maximum absolute atomic E-state index is 12.3. The summed E-state index contributed by atoms with van der Waals surface area (Å²) < 4.78 is 1.16. The van der Waals surface area contributed by atoms with E-state index in [1.807, 2.05) is 30.3 Å². The van der Waals surface area contributed by atoms with E-state index in [1.165, 1.54) is 6.33 Å². The van der Waals surface area contributed by atoms with E-state index in [4.69, 9.17) is 5.73 Å². The van der Waals surface area contributed by atoms with E-state index >= 15 is 0 Å². The molecule has 130 valence electrons. The summed E-state index contributed by atoms with van der Waals surface area (Å²) in [5, 5.41) is 14.2. The summed E-state index contributed by atoms with van der Waals surface area (Å²) in [4.78, 5) is 27.3. The molecule has 2 rings (SSSR count). The fourth-order valence-corrected chi connectivity index (χ4v) is 2.11. The number of nitrogens with two attached hydrogens (primary N) is 1. The number of hydrogen-bond acceptors (Lipinski definition) is 6. The third kappa shape index (κ3) is 5.60. The van der Waals surface area contributed by atoms with Crippen LogP contribution in [0.1, 0.15) is 5.56 Å². The van der Waals surface area contributed by atoms with E-state index < -0.39 is 10.9 Å². The zero-order valence-corrected chi connectivity index (χ0v) is 13.8. The molecule has 0 bridgehead atoms. The largest absolute Gasteiger partial charge is 0.490 e. The Labute approximate surface area is 145 Å². The van der Waals surface area contributed by atoms with Crippen molar-refractivity contribution < 1.29 is 9.72 Å². The average Bonchev–Trinajstić information content (AvgIpc) is 3.01. The van der Waals surface area contributed by atoms with Crippen LogP contribution in [0.4, 0.5) is 5.95 Å². The van der Waals surface area contributed by atoms with Gasteiger partial charge in [-0.2, -0.15) is 4.68 Å². The Morgan fingerprint density at radius 1 is 1.29 bits per heavy atom. The highest BCUT2D eigenvalue weighted by Gasteiger charge is 2.18. The number of aromatic nitrogens is 3. The molecule has 0 radical (unpaired) electrons. The summed E-state index contributed by atoms with van der Waals surface area (Å²) in [6.07, 6.45) is 1.89. The van der Waals surface area contributed by atoms with Crippen molar-refractivity contribution in [2.75, 3.05) is 19.6 Å². The highest BCUT2D eigenvalue weighted by Crippen LogP contribution is 2.04. The van der Waals surface area contributed by atoms with Crippen LogP contribution in [0.25, 0.3) is 0 Å². The Balaban J connectivity index is 0.00000288. The first-order valence-corrected chi connectivity index (χ1v) is 7.15. The predicted octanol–water partition coefficient (Wildman–Crippen LogP) is 0.638. The highest BCUT2D eigenvalue weighted by atomic mass is 35.5. The van der Waals surface area contributed by atoms with E-state index in [0.717, 1.165) is 10.2 Å². The van der Waals surface area contributed by atoms with Crippen molar-refractivity contribution in [2.45, 2.75) is 13.0 Å². The van der Waals surface area contributed by atoms with Gasteiger partial charge in [0.25, 0.3) is 0 Å². The van der Waals surface area contributed by atoms with Crippen LogP contribution in [0.2, 0.25) is 0 Å². The topological polar surface area (TPSA) is 120 Å². The van der Waals surface area contributed by atoms with Gasteiger partial charge in [-0.3, -0.25) is 4.79 Å². The lowest BCUT2D eigenvalue weighted by Gasteiger charge is -2.21. The van der Waals surface area contributed by atoms with E-state index in [9.17, 15) is 14.9 Å². The molecule has 0 aliphatic heterocycles. The molecule has 2 aromatic rings. The highest BCUT2D eigenvalue weighted by molar-refractivity contribution is 5.85. The van der Waals surface area contributed by atoms with Crippen LogP contribution >= 0.6 is 12.4 Å². The van der Waals surface area contributed by atoms with Crippen LogP contribution in [0.15, 0.2) is 36.7 Å². The minimum atomic E-state index is -0.700. The number of hydrogen-bond donors (Lipinski definition) is 1. The van der Waals surface area contributed by atoms with Gasteiger partial charge in [-0.1, -0.05) is 35.3 Å². The normalized spacial score (nSPS) is 10.0. The Morgan fingerprint density at radius 3 is 2.58 bits per heavy atom. The Kier molecular flexibility index (Phi) is 7.80. The number of nitrogens with zero attached hydrogens (tertiary/aromatic N) is 5. The third-order valence-corrected chi connectivity index (χ3v) is 3.25.